The Bertz CT molecular complexity index is 1070. The molecule has 0 amide bonds. The molecule has 0 spiro atoms. The number of aromatic nitrogens is 2. The first-order valence-electron chi connectivity index (χ1n) is 9.23. The number of anilines is 1. The molecule has 0 atom stereocenters. The van der Waals surface area contributed by atoms with Gasteiger partial charge < -0.3 is 0 Å². The summed E-state index contributed by atoms with van der Waals surface area (Å²) in [5, 5.41) is 6.80. The molecule has 0 fully saturated rings. The maximum atomic E-state index is 6.22. The van der Waals surface area contributed by atoms with Crippen molar-refractivity contribution in [2.45, 2.75) is 0 Å². The third-order valence-electron chi connectivity index (χ3n) is 4.42. The Hall–Kier alpha value is -3.50. The first kappa shape index (κ1) is 18.8. The molecule has 0 unspecified atom stereocenters. The predicted octanol–water partition coefficient (Wildman–Crippen LogP) is 5.93. The number of hydrazone groups is 1. The SMILES string of the molecule is CN(/N=C\c1ccccc1Cl)c1nc(-c2ccccc2)cc(-c2ccccc2)n1. The molecule has 0 bridgehead atoms. The predicted molar refractivity (Wildman–Crippen MR) is 120 cm³/mol. The molecule has 4 aromatic rings. The molecule has 3 aromatic carbocycles. The van der Waals surface area contributed by atoms with Crippen molar-refractivity contribution in [2.24, 2.45) is 5.10 Å². The van der Waals surface area contributed by atoms with Crippen LogP contribution in [0.2, 0.25) is 5.02 Å². The fourth-order valence-corrected chi connectivity index (χ4v) is 3.06. The van der Waals surface area contributed by atoms with Gasteiger partial charge in [-0.3, -0.25) is 0 Å². The van der Waals surface area contributed by atoms with E-state index in [1.807, 2.05) is 98.0 Å². The van der Waals surface area contributed by atoms with Gasteiger partial charge in [-0.2, -0.15) is 5.10 Å². The van der Waals surface area contributed by atoms with E-state index in [1.54, 1.807) is 11.2 Å². The van der Waals surface area contributed by atoms with E-state index in [2.05, 4.69) is 5.10 Å². The molecule has 0 radical (unpaired) electrons. The van der Waals surface area contributed by atoms with Gasteiger partial charge in [0.2, 0.25) is 5.95 Å². The average molecular weight is 399 g/mol. The zero-order valence-corrected chi connectivity index (χ0v) is 16.7. The minimum absolute atomic E-state index is 0.508. The van der Waals surface area contributed by atoms with Gasteiger partial charge in [-0.05, 0) is 12.1 Å². The largest absolute Gasteiger partial charge is 0.247 e. The summed E-state index contributed by atoms with van der Waals surface area (Å²) in [7, 11) is 1.83. The number of halogens is 1. The zero-order chi connectivity index (χ0) is 20.1. The second kappa shape index (κ2) is 8.67. The van der Waals surface area contributed by atoms with E-state index in [4.69, 9.17) is 21.6 Å². The van der Waals surface area contributed by atoms with E-state index >= 15 is 0 Å². The minimum Gasteiger partial charge on any atom is -0.235 e. The molecule has 0 saturated carbocycles. The maximum Gasteiger partial charge on any atom is 0.247 e. The molecule has 4 rings (SSSR count). The summed E-state index contributed by atoms with van der Waals surface area (Å²) in [6.07, 6.45) is 1.71. The summed E-state index contributed by atoms with van der Waals surface area (Å²) in [5.74, 6) is 0.508. The van der Waals surface area contributed by atoms with Crippen LogP contribution in [0.4, 0.5) is 5.95 Å². The molecule has 0 aliphatic heterocycles. The van der Waals surface area contributed by atoms with Crippen molar-refractivity contribution in [1.82, 2.24) is 9.97 Å². The van der Waals surface area contributed by atoms with Crippen molar-refractivity contribution < 1.29 is 0 Å². The molecule has 142 valence electrons. The second-order valence-corrected chi connectivity index (χ2v) is 6.87. The molecule has 29 heavy (non-hydrogen) atoms. The molecule has 0 N–H and O–H groups in total. The number of rotatable bonds is 5. The van der Waals surface area contributed by atoms with Crippen LogP contribution in [0.5, 0.6) is 0 Å². The van der Waals surface area contributed by atoms with Crippen molar-refractivity contribution in [2.75, 3.05) is 12.1 Å². The maximum absolute atomic E-state index is 6.22. The van der Waals surface area contributed by atoms with Gasteiger partial charge in [0.1, 0.15) is 0 Å². The van der Waals surface area contributed by atoms with Gasteiger partial charge in [0, 0.05) is 28.8 Å². The fourth-order valence-electron chi connectivity index (χ4n) is 2.87. The van der Waals surface area contributed by atoms with E-state index < -0.39 is 0 Å². The Balaban J connectivity index is 1.75. The van der Waals surface area contributed by atoms with Gasteiger partial charge in [0.05, 0.1) is 17.6 Å². The van der Waals surface area contributed by atoms with Crippen LogP contribution in [0, 0.1) is 0 Å². The summed E-state index contributed by atoms with van der Waals surface area (Å²) in [6, 6.07) is 29.7. The zero-order valence-electron chi connectivity index (χ0n) is 15.9. The number of hydrogen-bond donors (Lipinski definition) is 0. The summed E-state index contributed by atoms with van der Waals surface area (Å²) >= 11 is 6.22. The van der Waals surface area contributed by atoms with Crippen LogP contribution >= 0.6 is 11.6 Å². The Morgan fingerprint density at radius 1 is 0.759 bits per heavy atom. The van der Waals surface area contributed by atoms with Crippen molar-refractivity contribution in [1.29, 1.82) is 0 Å². The Labute approximate surface area is 175 Å². The van der Waals surface area contributed by atoms with Gasteiger partial charge in [-0.15, -0.1) is 0 Å². The van der Waals surface area contributed by atoms with E-state index in [0.717, 1.165) is 28.1 Å². The number of hydrogen-bond acceptors (Lipinski definition) is 4. The molecule has 5 heteroatoms. The molecule has 0 aliphatic carbocycles. The normalized spacial score (nSPS) is 11.0. The molecular formula is C24H19ClN4. The minimum atomic E-state index is 0.508. The van der Waals surface area contributed by atoms with Crippen LogP contribution < -0.4 is 5.01 Å². The van der Waals surface area contributed by atoms with E-state index in [-0.39, 0.29) is 0 Å². The van der Waals surface area contributed by atoms with Gasteiger partial charge >= 0.3 is 0 Å². The highest BCUT2D eigenvalue weighted by molar-refractivity contribution is 6.33. The van der Waals surface area contributed by atoms with Crippen molar-refractivity contribution in [3.05, 3.63) is 102 Å². The van der Waals surface area contributed by atoms with E-state index in [9.17, 15) is 0 Å². The molecule has 4 nitrogen and oxygen atoms in total. The molecule has 0 aliphatic rings. The lowest BCUT2D eigenvalue weighted by Crippen LogP contribution is -2.13. The lowest BCUT2D eigenvalue weighted by Gasteiger charge is -2.14. The summed E-state index contributed by atoms with van der Waals surface area (Å²) in [6.45, 7) is 0. The van der Waals surface area contributed by atoms with Crippen molar-refractivity contribution in [3.8, 4) is 22.5 Å². The summed E-state index contributed by atoms with van der Waals surface area (Å²) < 4.78 is 0. The first-order chi connectivity index (χ1) is 14.2. The fraction of sp³-hybridized carbons (Fsp3) is 0.0417. The second-order valence-electron chi connectivity index (χ2n) is 6.46. The molecular weight excluding hydrogens is 380 g/mol. The van der Waals surface area contributed by atoms with Gasteiger partial charge in [-0.1, -0.05) is 90.5 Å². The van der Waals surface area contributed by atoms with Gasteiger partial charge in [0.25, 0.3) is 0 Å². The molecule has 0 saturated heterocycles. The topological polar surface area (TPSA) is 41.4 Å². The lowest BCUT2D eigenvalue weighted by molar-refractivity contribution is 0.938. The number of benzene rings is 3. The summed E-state index contributed by atoms with van der Waals surface area (Å²) in [5.41, 5.74) is 4.57. The summed E-state index contributed by atoms with van der Waals surface area (Å²) in [4.78, 5) is 9.46. The third-order valence-corrected chi connectivity index (χ3v) is 4.76. The lowest BCUT2D eigenvalue weighted by atomic mass is 10.1. The van der Waals surface area contributed by atoms with Crippen LogP contribution in [0.25, 0.3) is 22.5 Å². The average Bonchev–Trinajstić information content (AvgIpc) is 2.79. The van der Waals surface area contributed by atoms with Crippen LogP contribution in [-0.4, -0.2) is 23.2 Å². The number of nitrogens with zero attached hydrogens (tertiary/aromatic N) is 4. The standard InChI is InChI=1S/C24H19ClN4/c1-29(26-17-20-14-8-9-15-21(20)25)24-27-22(18-10-4-2-5-11-18)16-23(28-24)19-12-6-3-7-13-19/h2-17H,1H3/b26-17-. The smallest absolute Gasteiger partial charge is 0.235 e. The monoisotopic (exact) mass is 398 g/mol. The Morgan fingerprint density at radius 3 is 1.83 bits per heavy atom. The highest BCUT2D eigenvalue weighted by Gasteiger charge is 2.11. The van der Waals surface area contributed by atoms with Crippen molar-refractivity contribution >= 4 is 23.8 Å². The Kier molecular flexibility index (Phi) is 5.63. The van der Waals surface area contributed by atoms with Crippen molar-refractivity contribution in [3.63, 3.8) is 0 Å². The van der Waals surface area contributed by atoms with Gasteiger partial charge in [0.15, 0.2) is 0 Å². The first-order valence-corrected chi connectivity index (χ1v) is 9.61. The quantitative estimate of drug-likeness (QED) is 0.309. The van der Waals surface area contributed by atoms with Crippen LogP contribution in [-0.2, 0) is 0 Å². The van der Waals surface area contributed by atoms with Crippen LogP contribution in [0.3, 0.4) is 0 Å². The third kappa shape index (κ3) is 4.50. The van der Waals surface area contributed by atoms with E-state index in [1.165, 1.54) is 0 Å². The van der Waals surface area contributed by atoms with Gasteiger partial charge in [-0.25, -0.2) is 15.0 Å². The van der Waals surface area contributed by atoms with E-state index in [0.29, 0.717) is 11.0 Å². The highest BCUT2D eigenvalue weighted by Crippen LogP contribution is 2.26. The highest BCUT2D eigenvalue weighted by atomic mass is 35.5. The van der Waals surface area contributed by atoms with Crippen LogP contribution in [0.15, 0.2) is 96.1 Å². The Morgan fingerprint density at radius 2 is 1.28 bits per heavy atom. The molecule has 1 heterocycles. The molecule has 1 aromatic heterocycles. The van der Waals surface area contributed by atoms with Crippen LogP contribution in [0.1, 0.15) is 5.56 Å².